The summed E-state index contributed by atoms with van der Waals surface area (Å²) in [6, 6.07) is 6.98. The summed E-state index contributed by atoms with van der Waals surface area (Å²) in [6.07, 6.45) is 0. The zero-order valence-electron chi connectivity index (χ0n) is 10.9. The maximum atomic E-state index is 11.4. The Bertz CT molecular complexity index is 861. The van der Waals surface area contributed by atoms with E-state index in [9.17, 15) is 14.7 Å². The van der Waals surface area contributed by atoms with Crippen molar-refractivity contribution in [2.45, 2.75) is 13.8 Å². The van der Waals surface area contributed by atoms with E-state index in [1.165, 1.54) is 0 Å². The average Bonchev–Trinajstić information content (AvgIpc) is 2.86. The monoisotopic (exact) mass is 269 g/mol. The molecule has 5 heteroatoms. The molecular formula is C15H11NO4. The molecule has 0 amide bonds. The fourth-order valence-corrected chi connectivity index (χ4v) is 2.21. The number of aromatic nitrogens is 1. The largest absolute Gasteiger partial charge is 0.503 e. The molecule has 0 fully saturated rings. The van der Waals surface area contributed by atoms with E-state index in [0.29, 0.717) is 5.76 Å². The molecule has 0 radical (unpaired) electrons. The third-order valence-electron chi connectivity index (χ3n) is 3.10. The highest BCUT2D eigenvalue weighted by Gasteiger charge is 2.24. The average molecular weight is 269 g/mol. The zero-order valence-corrected chi connectivity index (χ0v) is 10.9. The minimum absolute atomic E-state index is 0.0521. The van der Waals surface area contributed by atoms with Crippen LogP contribution >= 0.6 is 0 Å². The SMILES string of the molecule is Cc1cc(-c2ccc(-c3c(O)c(=O)c3=O)o2)cc(C)n1. The van der Waals surface area contributed by atoms with Gasteiger partial charge in [0.1, 0.15) is 17.1 Å². The first-order chi connectivity index (χ1) is 9.47. The van der Waals surface area contributed by atoms with Crippen LogP contribution in [0.15, 0.2) is 38.3 Å². The molecule has 3 aromatic rings. The van der Waals surface area contributed by atoms with Crippen LogP contribution in [-0.4, -0.2) is 10.1 Å². The second-order valence-corrected chi connectivity index (χ2v) is 4.68. The molecule has 0 atom stereocenters. The maximum Gasteiger partial charge on any atom is 0.268 e. The third kappa shape index (κ3) is 1.75. The smallest absolute Gasteiger partial charge is 0.268 e. The van der Waals surface area contributed by atoms with Crippen LogP contribution in [0.2, 0.25) is 0 Å². The highest BCUT2D eigenvalue weighted by Crippen LogP contribution is 2.31. The van der Waals surface area contributed by atoms with E-state index in [1.54, 1.807) is 12.1 Å². The van der Waals surface area contributed by atoms with E-state index in [1.807, 2.05) is 26.0 Å². The number of hydrogen-bond donors (Lipinski definition) is 1. The highest BCUT2D eigenvalue weighted by atomic mass is 16.3. The van der Waals surface area contributed by atoms with Crippen molar-refractivity contribution in [1.29, 1.82) is 0 Å². The van der Waals surface area contributed by atoms with Crippen LogP contribution in [0.25, 0.3) is 22.6 Å². The lowest BCUT2D eigenvalue weighted by atomic mass is 10.1. The zero-order chi connectivity index (χ0) is 14.4. The molecule has 20 heavy (non-hydrogen) atoms. The third-order valence-corrected chi connectivity index (χ3v) is 3.10. The fraction of sp³-hybridized carbons (Fsp3) is 0.133. The lowest BCUT2D eigenvalue weighted by molar-refractivity contribution is 0.461. The van der Waals surface area contributed by atoms with Crippen molar-refractivity contribution in [3.63, 3.8) is 0 Å². The van der Waals surface area contributed by atoms with Gasteiger partial charge in [-0.05, 0) is 38.1 Å². The second kappa shape index (κ2) is 4.16. The van der Waals surface area contributed by atoms with Crippen molar-refractivity contribution in [3.8, 4) is 28.4 Å². The summed E-state index contributed by atoms with van der Waals surface area (Å²) in [5, 5.41) is 9.41. The molecule has 0 bridgehead atoms. The van der Waals surface area contributed by atoms with Crippen LogP contribution in [0.4, 0.5) is 0 Å². The molecule has 3 rings (SSSR count). The summed E-state index contributed by atoms with van der Waals surface area (Å²) < 4.78 is 5.55. The number of aromatic hydroxyl groups is 1. The number of nitrogens with zero attached hydrogens (tertiary/aromatic N) is 1. The Hall–Kier alpha value is -2.69. The van der Waals surface area contributed by atoms with Gasteiger partial charge in [0.05, 0.1) is 0 Å². The van der Waals surface area contributed by atoms with Crippen LogP contribution in [0.3, 0.4) is 0 Å². The first-order valence-electron chi connectivity index (χ1n) is 6.05. The number of furan rings is 1. The molecule has 0 aliphatic carbocycles. The van der Waals surface area contributed by atoms with Gasteiger partial charge >= 0.3 is 0 Å². The van der Waals surface area contributed by atoms with Crippen LogP contribution in [0.1, 0.15) is 11.4 Å². The predicted octanol–water partition coefficient (Wildman–Crippen LogP) is 1.93. The summed E-state index contributed by atoms with van der Waals surface area (Å²) in [5.74, 6) is 0.230. The van der Waals surface area contributed by atoms with Crippen molar-refractivity contribution in [2.24, 2.45) is 0 Å². The Morgan fingerprint density at radius 2 is 1.60 bits per heavy atom. The summed E-state index contributed by atoms with van der Waals surface area (Å²) in [4.78, 5) is 26.7. The van der Waals surface area contributed by atoms with Gasteiger partial charge in [-0.25, -0.2) is 0 Å². The van der Waals surface area contributed by atoms with Gasteiger partial charge in [0.2, 0.25) is 5.43 Å². The van der Waals surface area contributed by atoms with Crippen molar-refractivity contribution in [1.82, 2.24) is 4.98 Å². The predicted molar refractivity (Wildman–Crippen MR) is 73.4 cm³/mol. The van der Waals surface area contributed by atoms with E-state index in [2.05, 4.69) is 4.98 Å². The standard InChI is InChI=1S/C15H11NO4/c1-7-5-9(6-8(2)16-7)10-3-4-11(20-10)12-13(17)15(19)14(12)18/h3-6,17H,1-2H3. The Kier molecular flexibility index (Phi) is 2.57. The molecule has 2 heterocycles. The van der Waals surface area contributed by atoms with Gasteiger partial charge in [-0.3, -0.25) is 14.6 Å². The van der Waals surface area contributed by atoms with Gasteiger partial charge in [0, 0.05) is 17.0 Å². The molecule has 5 nitrogen and oxygen atoms in total. The second-order valence-electron chi connectivity index (χ2n) is 4.68. The van der Waals surface area contributed by atoms with Gasteiger partial charge in [0.25, 0.3) is 5.43 Å². The summed E-state index contributed by atoms with van der Waals surface area (Å²) in [7, 11) is 0. The topological polar surface area (TPSA) is 80.4 Å². The van der Waals surface area contributed by atoms with Gasteiger partial charge < -0.3 is 9.52 Å². The van der Waals surface area contributed by atoms with Gasteiger partial charge in [-0.15, -0.1) is 0 Å². The maximum absolute atomic E-state index is 11.4. The van der Waals surface area contributed by atoms with E-state index in [0.717, 1.165) is 17.0 Å². The molecule has 2 aromatic heterocycles. The molecule has 0 aliphatic heterocycles. The van der Waals surface area contributed by atoms with Gasteiger partial charge in [-0.1, -0.05) is 0 Å². The molecule has 100 valence electrons. The van der Waals surface area contributed by atoms with Crippen LogP contribution in [0.5, 0.6) is 5.75 Å². The van der Waals surface area contributed by atoms with Gasteiger partial charge in [-0.2, -0.15) is 0 Å². The van der Waals surface area contributed by atoms with E-state index < -0.39 is 16.6 Å². The molecule has 1 N–H and O–H groups in total. The number of rotatable bonds is 2. The Morgan fingerprint density at radius 1 is 1.00 bits per heavy atom. The highest BCUT2D eigenvalue weighted by molar-refractivity contribution is 5.72. The van der Waals surface area contributed by atoms with Crippen molar-refractivity contribution < 1.29 is 9.52 Å². The normalized spacial score (nSPS) is 11.1. The fourth-order valence-electron chi connectivity index (χ4n) is 2.21. The molecule has 1 aromatic carbocycles. The molecule has 0 unspecified atom stereocenters. The summed E-state index contributed by atoms with van der Waals surface area (Å²) >= 11 is 0. The quantitative estimate of drug-likeness (QED) is 0.719. The first kappa shape index (κ1) is 12.3. The minimum Gasteiger partial charge on any atom is -0.503 e. The van der Waals surface area contributed by atoms with Crippen LogP contribution in [0, 0.1) is 13.8 Å². The molecule has 0 saturated carbocycles. The molecule has 0 spiro atoms. The van der Waals surface area contributed by atoms with E-state index >= 15 is 0 Å². The number of hydrogen-bond acceptors (Lipinski definition) is 5. The van der Waals surface area contributed by atoms with Crippen LogP contribution < -0.4 is 10.9 Å². The number of pyridine rings is 1. The molecule has 0 saturated heterocycles. The Labute approximate surface area is 113 Å². The molecular weight excluding hydrogens is 258 g/mol. The van der Waals surface area contributed by atoms with Crippen molar-refractivity contribution >= 4 is 0 Å². The Morgan fingerprint density at radius 3 is 2.20 bits per heavy atom. The first-order valence-corrected chi connectivity index (χ1v) is 6.05. The van der Waals surface area contributed by atoms with Gasteiger partial charge in [0.15, 0.2) is 5.75 Å². The number of aryl methyl sites for hydroxylation is 2. The van der Waals surface area contributed by atoms with Crippen LogP contribution in [-0.2, 0) is 0 Å². The van der Waals surface area contributed by atoms with Crippen molar-refractivity contribution in [2.75, 3.05) is 0 Å². The summed E-state index contributed by atoms with van der Waals surface area (Å²) in [6.45, 7) is 3.76. The minimum atomic E-state index is -0.867. The van der Waals surface area contributed by atoms with E-state index in [-0.39, 0.29) is 11.3 Å². The lowest BCUT2D eigenvalue weighted by Gasteiger charge is -2.03. The Balaban J connectivity index is 2.07. The van der Waals surface area contributed by atoms with Crippen molar-refractivity contribution in [3.05, 3.63) is 56.1 Å². The molecule has 0 aliphatic rings. The van der Waals surface area contributed by atoms with E-state index in [4.69, 9.17) is 4.42 Å². The lowest BCUT2D eigenvalue weighted by Crippen LogP contribution is -2.31. The summed E-state index contributed by atoms with van der Waals surface area (Å²) in [5.41, 5.74) is 0.909.